The summed E-state index contributed by atoms with van der Waals surface area (Å²) in [6, 6.07) is 10.1. The maximum absolute atomic E-state index is 14.5. The number of nitrogens with zero attached hydrogens (tertiary/aromatic N) is 6. The Bertz CT molecular complexity index is 1660. The maximum atomic E-state index is 14.5. The lowest BCUT2D eigenvalue weighted by Crippen LogP contribution is -2.41. The number of ether oxygens (including phenoxy) is 1. The molecule has 3 aromatic heterocycles. The molecular weight excluding hydrogens is 539 g/mol. The standard InChI is InChI=1S/C30H35FN8O3/c1-29(2,3)42-28(41)33-18-12-14-38(16-18)26-21-23(36-27(40)30(21,4)5)34-24(35-26)22-19-10-8-13-32-25(19)39(37-22)15-17-9-6-7-11-20(17)31/h6-11,13,18,27,40H,12,14-16H2,1-5H3,(H,33,41)(H,34,35,36). The number of amides is 1. The number of hydrogen-bond acceptors (Lipinski definition) is 9. The van der Waals surface area contributed by atoms with Gasteiger partial charge in [0, 0.05) is 35.8 Å². The SMILES string of the molecule is CC(C)(C)OC(=O)NC1CCN(c2nc(-c3nn(Cc4ccccc4F)c4ncccc34)nc3c2C(C)(C)C(O)N3)C1. The van der Waals surface area contributed by atoms with Crippen LogP contribution in [0.1, 0.15) is 52.2 Å². The van der Waals surface area contributed by atoms with Crippen LogP contribution >= 0.6 is 0 Å². The number of nitrogens with one attached hydrogen (secondary N) is 2. The molecule has 2 atom stereocenters. The molecule has 0 bridgehead atoms. The highest BCUT2D eigenvalue weighted by Crippen LogP contribution is 2.45. The van der Waals surface area contributed by atoms with Gasteiger partial charge in [-0.1, -0.05) is 32.0 Å². The van der Waals surface area contributed by atoms with Crippen LogP contribution in [0.3, 0.4) is 0 Å². The number of carbonyl (C=O) groups excluding carboxylic acids is 1. The second kappa shape index (κ2) is 10.2. The Morgan fingerprint density at radius 1 is 1.21 bits per heavy atom. The number of rotatable bonds is 5. The van der Waals surface area contributed by atoms with Gasteiger partial charge in [-0.2, -0.15) is 5.10 Å². The normalized spacial score (nSPS) is 19.5. The van der Waals surface area contributed by atoms with Gasteiger partial charge in [0.05, 0.1) is 18.0 Å². The molecule has 0 aliphatic carbocycles. The van der Waals surface area contributed by atoms with Gasteiger partial charge in [-0.05, 0) is 45.4 Å². The summed E-state index contributed by atoms with van der Waals surface area (Å²) < 4.78 is 21.6. The molecule has 1 aromatic carbocycles. The van der Waals surface area contributed by atoms with Crippen molar-refractivity contribution in [1.29, 1.82) is 0 Å². The highest BCUT2D eigenvalue weighted by molar-refractivity contribution is 5.90. The molecule has 0 spiro atoms. The number of pyridine rings is 1. The van der Waals surface area contributed by atoms with E-state index in [2.05, 4.69) is 20.5 Å². The Labute approximate surface area is 243 Å². The second-order valence-electron chi connectivity index (χ2n) is 12.4. The van der Waals surface area contributed by atoms with E-state index in [-0.39, 0.29) is 18.4 Å². The predicted molar refractivity (Wildman–Crippen MR) is 157 cm³/mol. The molecule has 5 heterocycles. The fourth-order valence-corrected chi connectivity index (χ4v) is 5.55. The molecular formula is C30H35FN8O3. The number of halogens is 1. The smallest absolute Gasteiger partial charge is 0.407 e. The van der Waals surface area contributed by atoms with Crippen molar-refractivity contribution in [3.63, 3.8) is 0 Å². The van der Waals surface area contributed by atoms with Gasteiger partial charge >= 0.3 is 6.09 Å². The summed E-state index contributed by atoms with van der Waals surface area (Å²) in [5.41, 5.74) is 1.10. The summed E-state index contributed by atoms with van der Waals surface area (Å²) >= 11 is 0. The Kier molecular flexibility index (Phi) is 6.76. The number of hydrogen-bond donors (Lipinski definition) is 3. The van der Waals surface area contributed by atoms with Gasteiger partial charge in [-0.15, -0.1) is 0 Å². The summed E-state index contributed by atoms with van der Waals surface area (Å²) in [5, 5.41) is 22.5. The lowest BCUT2D eigenvalue weighted by molar-refractivity contribution is 0.0509. The largest absolute Gasteiger partial charge is 0.444 e. The summed E-state index contributed by atoms with van der Waals surface area (Å²) in [7, 11) is 0. The van der Waals surface area contributed by atoms with Crippen LogP contribution in [0, 0.1) is 5.82 Å². The van der Waals surface area contributed by atoms with E-state index in [1.54, 1.807) is 29.1 Å². The number of aliphatic hydroxyl groups is 1. The van der Waals surface area contributed by atoms with E-state index >= 15 is 0 Å². The van der Waals surface area contributed by atoms with Crippen molar-refractivity contribution in [1.82, 2.24) is 30.0 Å². The van der Waals surface area contributed by atoms with Crippen LogP contribution in [-0.2, 0) is 16.7 Å². The number of aromatic nitrogens is 5. The van der Waals surface area contributed by atoms with Crippen LogP contribution in [0.15, 0.2) is 42.6 Å². The van der Waals surface area contributed by atoms with Crippen LogP contribution < -0.4 is 15.5 Å². The Balaban J connectivity index is 1.39. The van der Waals surface area contributed by atoms with Gasteiger partial charge in [0.1, 0.15) is 35.0 Å². The minimum Gasteiger partial charge on any atom is -0.444 e. The van der Waals surface area contributed by atoms with Crippen molar-refractivity contribution in [3.8, 4) is 11.5 Å². The van der Waals surface area contributed by atoms with Gasteiger partial charge < -0.3 is 25.4 Å². The van der Waals surface area contributed by atoms with Crippen LogP contribution in [0.5, 0.6) is 0 Å². The van der Waals surface area contributed by atoms with Gasteiger partial charge in [-0.25, -0.2) is 28.8 Å². The van der Waals surface area contributed by atoms with Crippen molar-refractivity contribution in [3.05, 3.63) is 59.5 Å². The molecule has 2 aliphatic rings. The molecule has 1 amide bonds. The second-order valence-corrected chi connectivity index (χ2v) is 12.4. The average Bonchev–Trinajstić information content (AvgIpc) is 3.59. The lowest BCUT2D eigenvalue weighted by atomic mass is 9.86. The van der Waals surface area contributed by atoms with E-state index in [0.717, 1.165) is 10.9 Å². The van der Waals surface area contributed by atoms with Gasteiger partial charge in [-0.3, -0.25) is 0 Å². The zero-order valence-electron chi connectivity index (χ0n) is 24.3. The monoisotopic (exact) mass is 574 g/mol. The Hall–Kier alpha value is -4.32. The molecule has 6 rings (SSSR count). The molecule has 2 unspecified atom stereocenters. The lowest BCUT2D eigenvalue weighted by Gasteiger charge is -2.28. The molecule has 12 heteroatoms. The molecule has 1 saturated heterocycles. The summed E-state index contributed by atoms with van der Waals surface area (Å²) in [6.45, 7) is 10.7. The first-order chi connectivity index (χ1) is 19.9. The molecule has 11 nitrogen and oxygen atoms in total. The molecule has 220 valence electrons. The Morgan fingerprint density at radius 2 is 2.00 bits per heavy atom. The third kappa shape index (κ3) is 5.11. The highest BCUT2D eigenvalue weighted by Gasteiger charge is 2.44. The molecule has 4 aromatic rings. The predicted octanol–water partition coefficient (Wildman–Crippen LogP) is 4.20. The molecule has 42 heavy (non-hydrogen) atoms. The topological polar surface area (TPSA) is 130 Å². The number of anilines is 2. The van der Waals surface area contributed by atoms with E-state index in [1.165, 1.54) is 6.07 Å². The number of aliphatic hydroxyl groups excluding tert-OH is 1. The van der Waals surface area contributed by atoms with Crippen molar-refractivity contribution < 1.29 is 19.0 Å². The third-order valence-corrected chi connectivity index (χ3v) is 7.70. The number of benzene rings is 1. The first-order valence-corrected chi connectivity index (χ1v) is 14.1. The molecule has 0 saturated carbocycles. The van der Waals surface area contributed by atoms with Crippen molar-refractivity contribution in [2.24, 2.45) is 0 Å². The molecule has 3 N–H and O–H groups in total. The number of carbonyl (C=O) groups is 1. The quantitative estimate of drug-likeness (QED) is 0.321. The van der Waals surface area contributed by atoms with Crippen molar-refractivity contribution >= 4 is 28.8 Å². The first kappa shape index (κ1) is 27.8. The minimum absolute atomic E-state index is 0.138. The van der Waals surface area contributed by atoms with Crippen LogP contribution in [-0.4, -0.2) is 66.9 Å². The van der Waals surface area contributed by atoms with Crippen molar-refractivity contribution in [2.45, 2.75) is 70.9 Å². The molecule has 0 radical (unpaired) electrons. The highest BCUT2D eigenvalue weighted by atomic mass is 19.1. The summed E-state index contributed by atoms with van der Waals surface area (Å²) in [4.78, 5) is 28.9. The van der Waals surface area contributed by atoms with E-state index in [4.69, 9.17) is 19.8 Å². The fraction of sp³-hybridized carbons (Fsp3) is 0.433. The van der Waals surface area contributed by atoms with Gasteiger partial charge in [0.25, 0.3) is 0 Å². The fourth-order valence-electron chi connectivity index (χ4n) is 5.55. The van der Waals surface area contributed by atoms with Crippen LogP contribution in [0.4, 0.5) is 20.8 Å². The molecule has 1 fully saturated rings. The summed E-state index contributed by atoms with van der Waals surface area (Å²) in [5.74, 6) is 1.23. The maximum Gasteiger partial charge on any atom is 0.407 e. The van der Waals surface area contributed by atoms with Gasteiger partial charge in [0.15, 0.2) is 11.5 Å². The molecule has 2 aliphatic heterocycles. The van der Waals surface area contributed by atoms with Gasteiger partial charge in [0.2, 0.25) is 0 Å². The third-order valence-electron chi connectivity index (χ3n) is 7.70. The Morgan fingerprint density at radius 3 is 2.76 bits per heavy atom. The average molecular weight is 575 g/mol. The van der Waals surface area contributed by atoms with E-state index in [0.29, 0.717) is 53.9 Å². The number of fused-ring (bicyclic) bond motifs is 2. The van der Waals surface area contributed by atoms with E-state index in [1.807, 2.05) is 46.8 Å². The van der Waals surface area contributed by atoms with Crippen LogP contribution in [0.2, 0.25) is 0 Å². The first-order valence-electron chi connectivity index (χ1n) is 14.1. The van der Waals surface area contributed by atoms with E-state index in [9.17, 15) is 14.3 Å². The van der Waals surface area contributed by atoms with Crippen molar-refractivity contribution in [2.75, 3.05) is 23.3 Å². The van der Waals surface area contributed by atoms with E-state index < -0.39 is 23.3 Å². The number of alkyl carbamates (subject to hydrolysis) is 1. The zero-order chi connectivity index (χ0) is 29.8. The minimum atomic E-state index is -0.869. The zero-order valence-corrected chi connectivity index (χ0v) is 24.3. The summed E-state index contributed by atoms with van der Waals surface area (Å²) in [6.07, 6.45) is 1.04. The van der Waals surface area contributed by atoms with Crippen LogP contribution in [0.25, 0.3) is 22.6 Å².